The van der Waals surface area contributed by atoms with Gasteiger partial charge in [0.2, 0.25) is 0 Å². The van der Waals surface area contributed by atoms with Crippen molar-refractivity contribution in [3.05, 3.63) is 124 Å². The summed E-state index contributed by atoms with van der Waals surface area (Å²) < 4.78 is 36.1. The van der Waals surface area contributed by atoms with Crippen LogP contribution in [0.3, 0.4) is 0 Å². The lowest BCUT2D eigenvalue weighted by atomic mass is 9.99. The number of rotatable bonds is 4. The van der Waals surface area contributed by atoms with Crippen molar-refractivity contribution in [1.29, 1.82) is 0 Å². The van der Waals surface area contributed by atoms with Crippen LogP contribution < -0.4 is 5.63 Å². The summed E-state index contributed by atoms with van der Waals surface area (Å²) >= 11 is 0. The van der Waals surface area contributed by atoms with E-state index >= 15 is 0 Å². The molecule has 1 heterocycles. The summed E-state index contributed by atoms with van der Waals surface area (Å²) in [6.07, 6.45) is 0. The van der Waals surface area contributed by atoms with E-state index in [4.69, 9.17) is 4.42 Å². The zero-order chi connectivity index (χ0) is 23.0. The predicted molar refractivity (Wildman–Crippen MR) is 130 cm³/mol. The first-order valence-corrected chi connectivity index (χ1v) is 11.8. The van der Waals surface area contributed by atoms with E-state index in [0.717, 1.165) is 16.3 Å². The van der Waals surface area contributed by atoms with Crippen LogP contribution in [0.4, 0.5) is 0 Å². The molecule has 5 aromatic rings. The Morgan fingerprint density at radius 1 is 0.758 bits per heavy atom. The summed E-state index contributed by atoms with van der Waals surface area (Å²) in [6, 6.07) is 28.3. The minimum absolute atomic E-state index is 0.0424. The minimum atomic E-state index is -4.09. The Morgan fingerprint density at radius 3 is 2.18 bits per heavy atom. The number of sulfonamides is 1. The topological polar surface area (TPSA) is 76.7 Å². The van der Waals surface area contributed by atoms with E-state index in [9.17, 15) is 13.2 Å². The molecule has 0 saturated heterocycles. The molecule has 6 heteroatoms. The Kier molecular flexibility index (Phi) is 5.15. The smallest absolute Gasteiger partial charge is 0.345 e. The summed E-state index contributed by atoms with van der Waals surface area (Å²) in [5, 5.41) is 2.57. The molecular formula is C27H19NO4S. The fourth-order valence-corrected chi connectivity index (χ4v) is 4.73. The molecule has 33 heavy (non-hydrogen) atoms. The van der Waals surface area contributed by atoms with E-state index in [1.807, 2.05) is 49.4 Å². The van der Waals surface area contributed by atoms with Gasteiger partial charge >= 0.3 is 5.63 Å². The number of aryl methyl sites for hydroxylation is 1. The van der Waals surface area contributed by atoms with Crippen LogP contribution in [-0.2, 0) is 10.0 Å². The molecule has 0 N–H and O–H groups in total. The molecule has 0 aliphatic carbocycles. The Morgan fingerprint density at radius 2 is 1.42 bits per heavy atom. The lowest BCUT2D eigenvalue weighted by Crippen LogP contribution is -2.17. The molecular weight excluding hydrogens is 434 g/mol. The van der Waals surface area contributed by atoms with Crippen molar-refractivity contribution in [2.75, 3.05) is 0 Å². The maximum atomic E-state index is 13.2. The third-order valence-corrected chi connectivity index (χ3v) is 6.74. The number of benzene rings is 4. The molecule has 0 aliphatic rings. The summed E-state index contributed by atoms with van der Waals surface area (Å²) in [4.78, 5) is 13.0. The minimum Gasteiger partial charge on any atom is -0.422 e. The van der Waals surface area contributed by atoms with Crippen molar-refractivity contribution < 1.29 is 12.8 Å². The molecule has 0 spiro atoms. The van der Waals surface area contributed by atoms with Gasteiger partial charge in [0.15, 0.2) is 0 Å². The zero-order valence-electron chi connectivity index (χ0n) is 17.7. The second-order valence-electron chi connectivity index (χ2n) is 7.78. The Balaban J connectivity index is 1.78. The van der Waals surface area contributed by atoms with E-state index in [1.54, 1.807) is 42.5 Å². The van der Waals surface area contributed by atoms with Crippen molar-refractivity contribution in [2.24, 2.45) is 4.40 Å². The highest BCUT2D eigenvalue weighted by atomic mass is 32.2. The predicted octanol–water partition coefficient (Wildman–Crippen LogP) is 5.48. The van der Waals surface area contributed by atoms with Gasteiger partial charge in [0.05, 0.1) is 16.2 Å². The highest BCUT2D eigenvalue weighted by molar-refractivity contribution is 7.90. The van der Waals surface area contributed by atoms with Gasteiger partial charge in [-0.3, -0.25) is 0 Å². The van der Waals surface area contributed by atoms with Gasteiger partial charge in [-0.05, 0) is 48.0 Å². The maximum absolute atomic E-state index is 13.2. The standard InChI is InChI=1S/C27H19NO4S/c1-18-10-14-23(15-11-18)33(30,31)28-26(22-13-12-19-6-2-3-7-20(19)16-22)24-17-21-8-4-5-9-25(21)32-27(24)29/h2-17H,1H3/b28-26+. The fourth-order valence-electron chi connectivity index (χ4n) is 3.70. The average molecular weight is 454 g/mol. The first-order valence-electron chi connectivity index (χ1n) is 10.3. The van der Waals surface area contributed by atoms with E-state index in [1.165, 1.54) is 12.1 Å². The fraction of sp³-hybridized carbons (Fsp3) is 0.0370. The first kappa shape index (κ1) is 20.8. The monoisotopic (exact) mass is 453 g/mol. The number of fused-ring (bicyclic) bond motifs is 2. The SMILES string of the molecule is Cc1ccc(S(=O)(=O)/N=C(\c2ccc3ccccc3c2)c2cc3ccccc3oc2=O)cc1. The quantitative estimate of drug-likeness (QED) is 0.267. The van der Waals surface area contributed by atoms with Crippen LogP contribution >= 0.6 is 0 Å². The molecule has 0 atom stereocenters. The summed E-state index contributed by atoms with van der Waals surface area (Å²) in [5.74, 6) is 0. The molecule has 0 amide bonds. The van der Waals surface area contributed by atoms with E-state index in [2.05, 4.69) is 4.40 Å². The van der Waals surface area contributed by atoms with Crippen LogP contribution in [0.25, 0.3) is 21.7 Å². The van der Waals surface area contributed by atoms with Crippen LogP contribution in [0.15, 0.2) is 116 Å². The van der Waals surface area contributed by atoms with E-state index in [0.29, 0.717) is 16.5 Å². The summed E-state index contributed by atoms with van der Waals surface area (Å²) in [7, 11) is -4.09. The highest BCUT2D eigenvalue weighted by Gasteiger charge is 2.20. The van der Waals surface area contributed by atoms with Crippen LogP contribution in [0.2, 0.25) is 0 Å². The van der Waals surface area contributed by atoms with Gasteiger partial charge in [0.1, 0.15) is 5.58 Å². The summed E-state index contributed by atoms with van der Waals surface area (Å²) in [6.45, 7) is 1.88. The van der Waals surface area contributed by atoms with Crippen molar-refractivity contribution in [3.8, 4) is 0 Å². The molecule has 5 rings (SSSR count). The number of nitrogens with zero attached hydrogens (tertiary/aromatic N) is 1. The molecule has 4 aromatic carbocycles. The van der Waals surface area contributed by atoms with Gasteiger partial charge in [-0.2, -0.15) is 12.8 Å². The van der Waals surface area contributed by atoms with E-state index in [-0.39, 0.29) is 16.2 Å². The zero-order valence-corrected chi connectivity index (χ0v) is 18.5. The van der Waals surface area contributed by atoms with Crippen molar-refractivity contribution in [1.82, 2.24) is 0 Å². The van der Waals surface area contributed by atoms with Crippen molar-refractivity contribution >= 4 is 37.5 Å². The molecule has 0 fully saturated rings. The molecule has 0 unspecified atom stereocenters. The average Bonchev–Trinajstić information content (AvgIpc) is 2.82. The van der Waals surface area contributed by atoms with E-state index < -0.39 is 15.6 Å². The van der Waals surface area contributed by atoms with Gasteiger partial charge in [-0.1, -0.05) is 72.3 Å². The van der Waals surface area contributed by atoms with Crippen LogP contribution in [-0.4, -0.2) is 14.1 Å². The molecule has 0 radical (unpaired) electrons. The lowest BCUT2D eigenvalue weighted by molar-refractivity contribution is 0.559. The van der Waals surface area contributed by atoms with Gasteiger partial charge in [-0.15, -0.1) is 0 Å². The molecule has 0 aliphatic heterocycles. The second kappa shape index (κ2) is 8.15. The largest absolute Gasteiger partial charge is 0.422 e. The van der Waals surface area contributed by atoms with Gasteiger partial charge in [0.25, 0.3) is 10.0 Å². The molecule has 1 aromatic heterocycles. The summed E-state index contributed by atoms with van der Waals surface area (Å²) in [5.41, 5.74) is 1.33. The van der Waals surface area contributed by atoms with Crippen molar-refractivity contribution in [3.63, 3.8) is 0 Å². The molecule has 0 bridgehead atoms. The molecule has 162 valence electrons. The number of hydrogen-bond donors (Lipinski definition) is 0. The number of hydrogen-bond acceptors (Lipinski definition) is 4. The highest BCUT2D eigenvalue weighted by Crippen LogP contribution is 2.22. The van der Waals surface area contributed by atoms with Gasteiger partial charge in [-0.25, -0.2) is 4.79 Å². The second-order valence-corrected chi connectivity index (χ2v) is 9.38. The normalized spacial score (nSPS) is 12.3. The Bertz CT molecular complexity index is 1700. The Hall–Kier alpha value is -4.03. The van der Waals surface area contributed by atoms with Crippen molar-refractivity contribution in [2.45, 2.75) is 11.8 Å². The van der Waals surface area contributed by atoms with Gasteiger partial charge in [0, 0.05) is 10.9 Å². The third-order valence-electron chi connectivity index (χ3n) is 5.45. The Labute approximate surface area is 190 Å². The van der Waals surface area contributed by atoms with Crippen LogP contribution in [0.1, 0.15) is 16.7 Å². The third kappa shape index (κ3) is 4.08. The van der Waals surface area contributed by atoms with Gasteiger partial charge < -0.3 is 4.42 Å². The first-order chi connectivity index (χ1) is 15.9. The lowest BCUT2D eigenvalue weighted by Gasteiger charge is -2.09. The maximum Gasteiger partial charge on any atom is 0.345 e. The van der Waals surface area contributed by atoms with Crippen LogP contribution in [0, 0.1) is 6.92 Å². The molecule has 5 nitrogen and oxygen atoms in total. The van der Waals surface area contributed by atoms with Crippen LogP contribution in [0.5, 0.6) is 0 Å². The number of para-hydroxylation sites is 1. The molecule has 0 saturated carbocycles.